The van der Waals surface area contributed by atoms with Gasteiger partial charge in [-0.3, -0.25) is 5.10 Å². The summed E-state index contributed by atoms with van der Waals surface area (Å²) in [7, 11) is 0. The van der Waals surface area contributed by atoms with Gasteiger partial charge in [0, 0.05) is 41.7 Å². The van der Waals surface area contributed by atoms with Gasteiger partial charge in [-0.1, -0.05) is 11.6 Å². The number of fused-ring (bicyclic) bond motifs is 1. The highest BCUT2D eigenvalue weighted by Gasteiger charge is 2.47. The zero-order valence-corrected chi connectivity index (χ0v) is 18.5. The normalized spacial score (nSPS) is 23.2. The monoisotopic (exact) mass is 442 g/mol. The number of H-pyrrole nitrogens is 1. The zero-order chi connectivity index (χ0) is 21.8. The quantitative estimate of drug-likeness (QED) is 0.571. The lowest BCUT2D eigenvalue weighted by Crippen LogP contribution is -2.51. The molecule has 31 heavy (non-hydrogen) atoms. The molecule has 0 saturated carbocycles. The molecule has 164 valence electrons. The number of rotatable bonds is 3. The molecular formula is C22H27ClN6O2. The summed E-state index contributed by atoms with van der Waals surface area (Å²) >= 11 is 6.54. The third-order valence-electron chi connectivity index (χ3n) is 6.95. The fourth-order valence-electron chi connectivity index (χ4n) is 4.94. The van der Waals surface area contributed by atoms with Crippen molar-refractivity contribution in [1.82, 2.24) is 20.2 Å². The topological polar surface area (TPSA) is 113 Å². The van der Waals surface area contributed by atoms with E-state index in [1.807, 2.05) is 19.1 Å². The minimum absolute atomic E-state index is 0.0319. The number of benzene rings is 1. The van der Waals surface area contributed by atoms with E-state index in [1.54, 1.807) is 6.20 Å². The number of hydrogen-bond donors (Lipinski definition) is 3. The lowest BCUT2D eigenvalue weighted by Gasteiger charge is -2.42. The molecule has 9 heteroatoms. The first kappa shape index (κ1) is 20.6. The molecule has 5 rings (SSSR count). The Morgan fingerprint density at radius 1 is 1.32 bits per heavy atom. The Morgan fingerprint density at radius 3 is 2.77 bits per heavy atom. The molecule has 0 aliphatic carbocycles. The number of aryl methyl sites for hydroxylation is 1. The first-order chi connectivity index (χ1) is 14.9. The molecule has 0 bridgehead atoms. The van der Waals surface area contributed by atoms with Crippen LogP contribution in [0.5, 0.6) is 0 Å². The van der Waals surface area contributed by atoms with Crippen molar-refractivity contribution >= 4 is 28.3 Å². The maximum atomic E-state index is 10.1. The highest BCUT2D eigenvalue weighted by molar-refractivity contribution is 6.34. The second-order valence-electron chi connectivity index (χ2n) is 8.75. The second kappa shape index (κ2) is 7.70. The summed E-state index contributed by atoms with van der Waals surface area (Å²) in [4.78, 5) is 11.8. The lowest BCUT2D eigenvalue weighted by atomic mass is 9.73. The number of anilines is 1. The Labute approximate surface area is 185 Å². The van der Waals surface area contributed by atoms with Crippen LogP contribution < -0.4 is 10.6 Å². The van der Waals surface area contributed by atoms with Crippen LogP contribution in [0.15, 0.2) is 18.3 Å². The number of halogens is 1. The summed E-state index contributed by atoms with van der Waals surface area (Å²) in [5.74, 6) is 0.733. The summed E-state index contributed by atoms with van der Waals surface area (Å²) < 4.78 is 5.83. The Morgan fingerprint density at radius 2 is 2.10 bits per heavy atom. The number of hydrogen-bond acceptors (Lipinski definition) is 7. The van der Waals surface area contributed by atoms with Crippen molar-refractivity contribution in [1.29, 1.82) is 0 Å². The van der Waals surface area contributed by atoms with E-state index in [0.717, 1.165) is 53.9 Å². The molecule has 1 aromatic carbocycles. The average molecular weight is 443 g/mol. The smallest absolute Gasteiger partial charge is 0.153 e. The maximum Gasteiger partial charge on any atom is 0.153 e. The molecular weight excluding hydrogens is 416 g/mol. The van der Waals surface area contributed by atoms with Crippen LogP contribution in [0.1, 0.15) is 31.2 Å². The zero-order valence-electron chi connectivity index (χ0n) is 17.7. The third kappa shape index (κ3) is 3.38. The molecule has 4 heterocycles. The van der Waals surface area contributed by atoms with E-state index in [4.69, 9.17) is 32.0 Å². The summed E-state index contributed by atoms with van der Waals surface area (Å²) in [6, 6.07) is 3.82. The SMILES string of the molecule is Cc1nc(N2CCC3(CC2)CO[C@@H](C)[C@H]3N)c(CO)nc1-c1cc2n[nH]cc2cc1Cl. The highest BCUT2D eigenvalue weighted by atomic mass is 35.5. The summed E-state index contributed by atoms with van der Waals surface area (Å²) in [6.45, 7) is 6.11. The molecule has 2 atom stereocenters. The summed E-state index contributed by atoms with van der Waals surface area (Å²) in [5, 5.41) is 18.7. The van der Waals surface area contributed by atoms with Crippen molar-refractivity contribution in [2.24, 2.45) is 11.1 Å². The number of ether oxygens (including phenoxy) is 1. The van der Waals surface area contributed by atoms with E-state index in [2.05, 4.69) is 22.0 Å². The van der Waals surface area contributed by atoms with Gasteiger partial charge in [0.1, 0.15) is 5.69 Å². The minimum Gasteiger partial charge on any atom is -0.390 e. The Bertz CT molecular complexity index is 1120. The van der Waals surface area contributed by atoms with Gasteiger partial charge in [0.15, 0.2) is 5.82 Å². The summed E-state index contributed by atoms with van der Waals surface area (Å²) in [6.07, 6.45) is 3.77. The molecule has 2 fully saturated rings. The van der Waals surface area contributed by atoms with Crippen molar-refractivity contribution in [3.63, 3.8) is 0 Å². The van der Waals surface area contributed by atoms with Gasteiger partial charge in [-0.15, -0.1) is 0 Å². The van der Waals surface area contributed by atoms with Crippen LogP contribution in [0.25, 0.3) is 22.2 Å². The summed E-state index contributed by atoms with van der Waals surface area (Å²) in [5.41, 5.74) is 10.0. The predicted octanol–water partition coefficient (Wildman–Crippen LogP) is 2.81. The first-order valence-electron chi connectivity index (χ1n) is 10.7. The molecule has 0 unspecified atom stereocenters. The van der Waals surface area contributed by atoms with E-state index < -0.39 is 0 Å². The average Bonchev–Trinajstić information content (AvgIpc) is 3.33. The van der Waals surface area contributed by atoms with Crippen LogP contribution in [0.4, 0.5) is 5.82 Å². The molecule has 1 spiro atoms. The number of piperidine rings is 1. The van der Waals surface area contributed by atoms with Gasteiger partial charge in [0.05, 0.1) is 41.2 Å². The maximum absolute atomic E-state index is 10.1. The molecule has 2 saturated heterocycles. The van der Waals surface area contributed by atoms with Crippen molar-refractivity contribution in [3.8, 4) is 11.3 Å². The van der Waals surface area contributed by atoms with E-state index in [9.17, 15) is 5.11 Å². The molecule has 3 aromatic rings. The van der Waals surface area contributed by atoms with Crippen molar-refractivity contribution in [2.75, 3.05) is 24.6 Å². The molecule has 4 N–H and O–H groups in total. The van der Waals surface area contributed by atoms with Gasteiger partial charge in [0.25, 0.3) is 0 Å². The number of nitrogens with one attached hydrogen (secondary N) is 1. The lowest BCUT2D eigenvalue weighted by molar-refractivity contribution is 0.0973. The van der Waals surface area contributed by atoms with Gasteiger partial charge in [-0.05, 0) is 38.8 Å². The Kier molecular flexibility index (Phi) is 5.13. The van der Waals surface area contributed by atoms with Crippen molar-refractivity contribution < 1.29 is 9.84 Å². The number of nitrogens with zero attached hydrogens (tertiary/aromatic N) is 4. The van der Waals surface area contributed by atoms with E-state index in [1.165, 1.54) is 0 Å². The molecule has 2 aliphatic heterocycles. The van der Waals surface area contributed by atoms with Gasteiger partial charge >= 0.3 is 0 Å². The van der Waals surface area contributed by atoms with Crippen LogP contribution in [0.3, 0.4) is 0 Å². The molecule has 0 amide bonds. The predicted molar refractivity (Wildman–Crippen MR) is 120 cm³/mol. The first-order valence-corrected chi connectivity index (χ1v) is 11.0. The van der Waals surface area contributed by atoms with Gasteiger partial charge in [0.2, 0.25) is 0 Å². The van der Waals surface area contributed by atoms with Crippen LogP contribution in [-0.4, -0.2) is 57.1 Å². The fourth-order valence-corrected chi connectivity index (χ4v) is 5.20. The molecule has 2 aromatic heterocycles. The fraction of sp³-hybridized carbons (Fsp3) is 0.500. The standard InChI is InChI=1S/C22H27ClN6O2/c1-12-19(15-8-17-14(7-16(15)23)9-25-28-17)27-18(10-30)21(26-12)29-5-3-22(4-6-29)11-31-13(2)20(22)24/h7-9,13,20,30H,3-6,10-11,24H2,1-2H3,(H,25,28)/t13-,20+/m0/s1. The number of aliphatic hydroxyl groups excluding tert-OH is 1. The van der Waals surface area contributed by atoms with Crippen LogP contribution in [0.2, 0.25) is 5.02 Å². The van der Waals surface area contributed by atoms with Crippen molar-refractivity contribution in [3.05, 3.63) is 34.7 Å². The largest absolute Gasteiger partial charge is 0.390 e. The number of aromatic amines is 1. The minimum atomic E-state index is -0.195. The Balaban J connectivity index is 1.46. The van der Waals surface area contributed by atoms with Crippen LogP contribution in [0, 0.1) is 12.3 Å². The number of nitrogens with two attached hydrogens (primary N) is 1. The Hall–Kier alpha value is -2.26. The number of aromatic nitrogens is 4. The van der Waals surface area contributed by atoms with E-state index in [-0.39, 0.29) is 24.2 Å². The van der Waals surface area contributed by atoms with Crippen LogP contribution in [-0.2, 0) is 11.3 Å². The molecule has 2 aliphatic rings. The number of aliphatic hydroxyl groups is 1. The molecule has 8 nitrogen and oxygen atoms in total. The van der Waals surface area contributed by atoms with Gasteiger partial charge < -0.3 is 20.5 Å². The van der Waals surface area contributed by atoms with Crippen LogP contribution >= 0.6 is 11.6 Å². The van der Waals surface area contributed by atoms with E-state index in [0.29, 0.717) is 23.0 Å². The van der Waals surface area contributed by atoms with E-state index >= 15 is 0 Å². The third-order valence-corrected chi connectivity index (χ3v) is 7.27. The second-order valence-corrected chi connectivity index (χ2v) is 9.16. The van der Waals surface area contributed by atoms with Gasteiger partial charge in [-0.2, -0.15) is 5.10 Å². The van der Waals surface area contributed by atoms with Crippen molar-refractivity contribution in [2.45, 2.75) is 45.4 Å². The molecule has 0 radical (unpaired) electrons. The van der Waals surface area contributed by atoms with Gasteiger partial charge in [-0.25, -0.2) is 9.97 Å². The highest BCUT2D eigenvalue weighted by Crippen LogP contribution is 2.42.